The van der Waals surface area contributed by atoms with Gasteiger partial charge in [0.15, 0.2) is 0 Å². The quantitative estimate of drug-likeness (QED) is 0.789. The summed E-state index contributed by atoms with van der Waals surface area (Å²) in [4.78, 5) is 2.52. The Balaban J connectivity index is 0.00000128. The van der Waals surface area contributed by atoms with E-state index < -0.39 is 0 Å². The molecule has 0 amide bonds. The van der Waals surface area contributed by atoms with Crippen LogP contribution in [0.2, 0.25) is 0 Å². The van der Waals surface area contributed by atoms with Crippen molar-refractivity contribution in [1.82, 2.24) is 10.2 Å². The van der Waals surface area contributed by atoms with Crippen molar-refractivity contribution in [2.24, 2.45) is 5.92 Å². The molecule has 0 bridgehead atoms. The first-order chi connectivity index (χ1) is 7.34. The molecule has 0 aromatic rings. The topological polar surface area (TPSA) is 35.5 Å². The van der Waals surface area contributed by atoms with Crippen LogP contribution in [0, 0.1) is 5.92 Å². The Bertz CT molecular complexity index is 178. The van der Waals surface area contributed by atoms with Crippen molar-refractivity contribution >= 4 is 12.4 Å². The maximum atomic E-state index is 9.41. The van der Waals surface area contributed by atoms with Gasteiger partial charge in [-0.1, -0.05) is 0 Å². The molecule has 2 N–H and O–H groups in total. The summed E-state index contributed by atoms with van der Waals surface area (Å²) in [5, 5.41) is 12.9. The summed E-state index contributed by atoms with van der Waals surface area (Å²) in [6.45, 7) is 5.87. The first-order valence-electron chi connectivity index (χ1n) is 6.46. The molecule has 2 aliphatic heterocycles. The number of rotatable bonds is 3. The summed E-state index contributed by atoms with van der Waals surface area (Å²) in [5.41, 5.74) is 0. The summed E-state index contributed by atoms with van der Waals surface area (Å²) >= 11 is 0. The van der Waals surface area contributed by atoms with Crippen molar-refractivity contribution in [3.63, 3.8) is 0 Å². The number of nitrogens with one attached hydrogen (secondary N) is 1. The Labute approximate surface area is 105 Å². The summed E-state index contributed by atoms with van der Waals surface area (Å²) in [6, 6.07) is 0. The molecule has 2 heterocycles. The zero-order valence-corrected chi connectivity index (χ0v) is 10.8. The average molecular weight is 249 g/mol. The number of aliphatic hydroxyl groups is 1. The molecule has 2 rings (SSSR count). The predicted molar refractivity (Wildman–Crippen MR) is 69.1 cm³/mol. The highest BCUT2D eigenvalue weighted by Crippen LogP contribution is 2.16. The number of nitrogens with zero attached hydrogens (tertiary/aromatic N) is 1. The number of hydrogen-bond acceptors (Lipinski definition) is 3. The largest absolute Gasteiger partial charge is 0.393 e. The minimum absolute atomic E-state index is 0. The average Bonchev–Trinajstić information content (AvgIpc) is 2.30. The zero-order chi connectivity index (χ0) is 10.5. The van der Waals surface area contributed by atoms with E-state index in [0.717, 1.165) is 31.8 Å². The predicted octanol–water partition coefficient (Wildman–Crippen LogP) is 1.25. The molecule has 0 saturated carbocycles. The fourth-order valence-corrected chi connectivity index (χ4v) is 2.68. The van der Waals surface area contributed by atoms with Gasteiger partial charge in [0.2, 0.25) is 0 Å². The van der Waals surface area contributed by atoms with Crippen LogP contribution in [0.5, 0.6) is 0 Å². The van der Waals surface area contributed by atoms with Gasteiger partial charge in [0.25, 0.3) is 0 Å². The van der Waals surface area contributed by atoms with Gasteiger partial charge in [0.1, 0.15) is 0 Å². The summed E-state index contributed by atoms with van der Waals surface area (Å²) < 4.78 is 0. The molecule has 1 atom stereocenters. The molecule has 0 aromatic heterocycles. The first kappa shape index (κ1) is 14.2. The number of piperidine rings is 2. The molecule has 0 aromatic carbocycles. The SMILES string of the molecule is Cl.OC1CCN(CCC2CCCNC2)CC1. The molecule has 2 aliphatic rings. The standard InChI is InChI=1S/C12H24N2O.ClH/c15-12-4-8-14(9-5-12)7-3-11-2-1-6-13-10-11;/h11-13,15H,1-10H2;1H. The van der Waals surface area contributed by atoms with Gasteiger partial charge in [-0.15, -0.1) is 12.4 Å². The van der Waals surface area contributed by atoms with Crippen LogP contribution in [0.3, 0.4) is 0 Å². The molecule has 0 aliphatic carbocycles. The number of likely N-dealkylation sites (tertiary alicyclic amines) is 1. The molecule has 1 unspecified atom stereocenters. The van der Waals surface area contributed by atoms with E-state index in [1.807, 2.05) is 0 Å². The Morgan fingerprint density at radius 1 is 1.19 bits per heavy atom. The molecule has 96 valence electrons. The van der Waals surface area contributed by atoms with E-state index in [9.17, 15) is 5.11 Å². The van der Waals surface area contributed by atoms with Crippen LogP contribution in [-0.4, -0.2) is 48.8 Å². The lowest BCUT2D eigenvalue weighted by molar-refractivity contribution is 0.0790. The molecule has 3 nitrogen and oxygen atoms in total. The lowest BCUT2D eigenvalue weighted by atomic mass is 9.95. The van der Waals surface area contributed by atoms with E-state index in [1.165, 1.54) is 38.9 Å². The number of hydrogen-bond donors (Lipinski definition) is 2. The fraction of sp³-hybridized carbons (Fsp3) is 1.00. The first-order valence-corrected chi connectivity index (χ1v) is 6.46. The van der Waals surface area contributed by atoms with E-state index >= 15 is 0 Å². The van der Waals surface area contributed by atoms with Gasteiger partial charge in [-0.25, -0.2) is 0 Å². The minimum Gasteiger partial charge on any atom is -0.393 e. The van der Waals surface area contributed by atoms with Crippen molar-refractivity contribution < 1.29 is 5.11 Å². The third kappa shape index (κ3) is 4.58. The Kier molecular flexibility index (Phi) is 6.66. The second-order valence-corrected chi connectivity index (χ2v) is 5.07. The van der Waals surface area contributed by atoms with Crippen LogP contribution in [0.25, 0.3) is 0 Å². The van der Waals surface area contributed by atoms with Gasteiger partial charge >= 0.3 is 0 Å². The van der Waals surface area contributed by atoms with E-state index in [0.29, 0.717) is 0 Å². The van der Waals surface area contributed by atoms with Crippen LogP contribution in [0.15, 0.2) is 0 Å². The maximum Gasteiger partial charge on any atom is 0.0564 e. The van der Waals surface area contributed by atoms with Crippen molar-refractivity contribution in [3.05, 3.63) is 0 Å². The Hall–Kier alpha value is 0.170. The minimum atomic E-state index is -0.0300. The van der Waals surface area contributed by atoms with Gasteiger partial charge in [0, 0.05) is 13.1 Å². The van der Waals surface area contributed by atoms with Crippen molar-refractivity contribution in [2.75, 3.05) is 32.7 Å². The lowest BCUT2D eigenvalue weighted by Gasteiger charge is -2.31. The maximum absolute atomic E-state index is 9.41. The highest BCUT2D eigenvalue weighted by atomic mass is 35.5. The molecule has 2 saturated heterocycles. The molecule has 0 spiro atoms. The molecular weight excluding hydrogens is 224 g/mol. The van der Waals surface area contributed by atoms with E-state index in [2.05, 4.69) is 10.2 Å². The van der Waals surface area contributed by atoms with Gasteiger partial charge in [-0.2, -0.15) is 0 Å². The van der Waals surface area contributed by atoms with Crippen LogP contribution in [-0.2, 0) is 0 Å². The van der Waals surface area contributed by atoms with Crippen LogP contribution in [0.1, 0.15) is 32.1 Å². The Morgan fingerprint density at radius 2 is 1.94 bits per heavy atom. The van der Waals surface area contributed by atoms with E-state index in [4.69, 9.17) is 0 Å². The zero-order valence-electron chi connectivity index (χ0n) is 10.0. The number of aliphatic hydroxyl groups excluding tert-OH is 1. The molecule has 16 heavy (non-hydrogen) atoms. The second-order valence-electron chi connectivity index (χ2n) is 5.07. The van der Waals surface area contributed by atoms with Gasteiger partial charge in [-0.05, 0) is 57.7 Å². The fourth-order valence-electron chi connectivity index (χ4n) is 2.68. The van der Waals surface area contributed by atoms with E-state index in [-0.39, 0.29) is 18.5 Å². The summed E-state index contributed by atoms with van der Waals surface area (Å²) in [7, 11) is 0. The smallest absolute Gasteiger partial charge is 0.0564 e. The number of halogens is 1. The summed E-state index contributed by atoms with van der Waals surface area (Å²) in [6.07, 6.45) is 6.01. The van der Waals surface area contributed by atoms with Crippen molar-refractivity contribution in [3.8, 4) is 0 Å². The highest BCUT2D eigenvalue weighted by Gasteiger charge is 2.18. The highest BCUT2D eigenvalue weighted by molar-refractivity contribution is 5.85. The van der Waals surface area contributed by atoms with Gasteiger partial charge in [0.05, 0.1) is 6.10 Å². The molecule has 2 fully saturated rings. The third-order valence-electron chi connectivity index (χ3n) is 3.81. The molecule has 0 radical (unpaired) electrons. The van der Waals surface area contributed by atoms with Crippen molar-refractivity contribution in [1.29, 1.82) is 0 Å². The Morgan fingerprint density at radius 3 is 2.56 bits per heavy atom. The van der Waals surface area contributed by atoms with Crippen LogP contribution >= 0.6 is 12.4 Å². The normalized spacial score (nSPS) is 28.7. The van der Waals surface area contributed by atoms with Crippen LogP contribution in [0.4, 0.5) is 0 Å². The van der Waals surface area contributed by atoms with E-state index in [1.54, 1.807) is 0 Å². The second kappa shape index (κ2) is 7.49. The molecular formula is C12H25ClN2O. The summed E-state index contributed by atoms with van der Waals surface area (Å²) in [5.74, 6) is 0.894. The lowest BCUT2D eigenvalue weighted by Crippen LogP contribution is -2.38. The third-order valence-corrected chi connectivity index (χ3v) is 3.81. The van der Waals surface area contributed by atoms with Crippen molar-refractivity contribution in [2.45, 2.75) is 38.2 Å². The van der Waals surface area contributed by atoms with Gasteiger partial charge in [-0.3, -0.25) is 0 Å². The molecule has 4 heteroatoms. The van der Waals surface area contributed by atoms with Crippen LogP contribution < -0.4 is 5.32 Å². The monoisotopic (exact) mass is 248 g/mol. The van der Waals surface area contributed by atoms with Gasteiger partial charge < -0.3 is 15.3 Å².